The zero-order chi connectivity index (χ0) is 26.6. The number of nitrogens with one attached hydrogen (secondary N) is 1. The normalized spacial score (nSPS) is 15.9. The molecule has 12 nitrogen and oxygen atoms in total. The number of hydrogen-bond acceptors (Lipinski definition) is 11. The van der Waals surface area contributed by atoms with Crippen molar-refractivity contribution in [3.63, 3.8) is 0 Å². The molecule has 0 fully saturated rings. The number of carbonyl (C=O) groups is 1. The molecule has 0 radical (unpaired) electrons. The van der Waals surface area contributed by atoms with E-state index in [1.807, 2.05) is 0 Å². The highest BCUT2D eigenvalue weighted by Gasteiger charge is 2.34. The summed E-state index contributed by atoms with van der Waals surface area (Å²) in [6.45, 7) is -0.424. The highest BCUT2D eigenvalue weighted by Crippen LogP contribution is 2.52. The van der Waals surface area contributed by atoms with Crippen LogP contribution in [0.25, 0.3) is 0 Å². The number of oxime groups is 1. The Morgan fingerprint density at radius 2 is 1.95 bits per heavy atom. The summed E-state index contributed by atoms with van der Waals surface area (Å²) >= 11 is 0. The van der Waals surface area contributed by atoms with Crippen molar-refractivity contribution in [2.45, 2.75) is 25.6 Å². The molecule has 0 spiro atoms. The van der Waals surface area contributed by atoms with E-state index in [0.29, 0.717) is 52.7 Å². The Labute approximate surface area is 215 Å². The van der Waals surface area contributed by atoms with E-state index in [1.54, 1.807) is 12.1 Å². The Balaban J connectivity index is 1.43. The molecule has 0 bridgehead atoms. The topological polar surface area (TPSA) is 146 Å². The van der Waals surface area contributed by atoms with Crippen LogP contribution < -0.4 is 24.4 Å². The molecule has 2 aliphatic rings. The fourth-order valence-corrected chi connectivity index (χ4v) is 4.18. The summed E-state index contributed by atoms with van der Waals surface area (Å²) in [5.41, 5.74) is 4.84. The molecule has 1 amide bonds. The molecule has 5 rings (SSSR count). The first-order valence-corrected chi connectivity index (χ1v) is 11.5. The predicted molar refractivity (Wildman–Crippen MR) is 129 cm³/mol. The molecule has 3 heterocycles. The van der Waals surface area contributed by atoms with E-state index in [2.05, 4.69) is 20.8 Å². The van der Waals surface area contributed by atoms with Gasteiger partial charge in [-0.2, -0.15) is 5.10 Å². The fraction of sp³-hybridized carbons (Fsp3) is 0.280. The van der Waals surface area contributed by atoms with Gasteiger partial charge in [-0.25, -0.2) is 9.82 Å². The van der Waals surface area contributed by atoms with Crippen molar-refractivity contribution in [3.05, 3.63) is 64.3 Å². The molecule has 2 aromatic carbocycles. The van der Waals surface area contributed by atoms with E-state index in [4.69, 9.17) is 33.4 Å². The van der Waals surface area contributed by atoms with E-state index in [9.17, 15) is 9.18 Å². The van der Waals surface area contributed by atoms with Gasteiger partial charge in [0.25, 0.3) is 5.91 Å². The average Bonchev–Trinajstić information content (AvgIpc) is 3.70. The van der Waals surface area contributed by atoms with Crippen LogP contribution in [-0.4, -0.2) is 55.2 Å². The number of benzene rings is 2. The van der Waals surface area contributed by atoms with Crippen LogP contribution in [0, 0.1) is 5.82 Å². The van der Waals surface area contributed by atoms with Gasteiger partial charge in [-0.1, -0.05) is 22.4 Å². The summed E-state index contributed by atoms with van der Waals surface area (Å²) in [6, 6.07) is 7.32. The molecule has 38 heavy (non-hydrogen) atoms. The molecular weight excluding hydrogens is 503 g/mol. The number of rotatable bonds is 9. The largest absolute Gasteiger partial charge is 0.492 e. The van der Waals surface area contributed by atoms with E-state index in [1.165, 1.54) is 38.6 Å². The Morgan fingerprint density at radius 1 is 1.21 bits per heavy atom. The van der Waals surface area contributed by atoms with Gasteiger partial charge in [0, 0.05) is 30.0 Å². The number of hydrogen-bond donors (Lipinski definition) is 2. The summed E-state index contributed by atoms with van der Waals surface area (Å²) in [4.78, 5) is 18.1. The zero-order valence-electron chi connectivity index (χ0n) is 20.4. The number of hydrazone groups is 1. The highest BCUT2D eigenvalue weighted by molar-refractivity contribution is 6.01. The summed E-state index contributed by atoms with van der Waals surface area (Å²) in [6.07, 6.45) is 1.77. The predicted octanol–water partition coefficient (Wildman–Crippen LogP) is 2.55. The monoisotopic (exact) mass is 526 g/mol. The second-order valence-corrected chi connectivity index (χ2v) is 8.24. The fourth-order valence-electron chi connectivity index (χ4n) is 4.18. The molecule has 3 aromatic rings. The number of halogens is 1. The number of amides is 1. The first kappa shape index (κ1) is 25.0. The van der Waals surface area contributed by atoms with Crippen LogP contribution in [0.4, 0.5) is 4.39 Å². The van der Waals surface area contributed by atoms with Crippen molar-refractivity contribution in [2.24, 2.45) is 10.3 Å². The third-order valence-electron chi connectivity index (χ3n) is 5.93. The Hall–Kier alpha value is -4.65. The number of methoxy groups -OCH3 is 2. The van der Waals surface area contributed by atoms with Crippen molar-refractivity contribution < 1.29 is 42.6 Å². The van der Waals surface area contributed by atoms with Gasteiger partial charge in [0.15, 0.2) is 23.0 Å². The second kappa shape index (κ2) is 10.8. The first-order chi connectivity index (χ1) is 18.5. The molecule has 0 saturated carbocycles. The quantitative estimate of drug-likeness (QED) is 0.317. The minimum Gasteiger partial charge on any atom is -0.492 e. The van der Waals surface area contributed by atoms with Crippen molar-refractivity contribution in [1.82, 2.24) is 10.6 Å². The Morgan fingerprint density at radius 3 is 2.63 bits per heavy atom. The number of nitrogens with zero attached hydrogens (tertiary/aromatic N) is 3. The van der Waals surface area contributed by atoms with E-state index >= 15 is 0 Å². The number of ether oxygens (including phenoxy) is 4. The van der Waals surface area contributed by atoms with Crippen molar-refractivity contribution in [2.75, 3.05) is 21.0 Å². The molecule has 198 valence electrons. The molecular formula is C25H23FN4O8. The lowest BCUT2D eigenvalue weighted by Gasteiger charge is -2.19. The standard InChI is InChI=1S/C25H23FN4O8/c1-33-21-17(7-15-8-19(29-37-15)13-3-5-14(26)6-4-13)18(22(34-2)24-23(21)35-12-36-24)10-27-28-25(32)20-9-16(11-31)38-30-20/h3-6,9-10,15,31H,7-8,11-12H2,1-2H3,(H,28,32)/b27-10-/t15-/m0/s1. The SMILES string of the molecule is COc1c(/C=N\NC(=O)c2cc(CO)on2)c(C[C@H]2CC(c3ccc(F)cc3)=NO2)c(OC)c2c1OCO2. The first-order valence-electron chi connectivity index (χ1n) is 11.5. The maximum Gasteiger partial charge on any atom is 0.293 e. The van der Waals surface area contributed by atoms with E-state index in [-0.39, 0.29) is 30.2 Å². The van der Waals surface area contributed by atoms with Gasteiger partial charge in [-0.05, 0) is 17.7 Å². The summed E-state index contributed by atoms with van der Waals surface area (Å²) in [7, 11) is 2.96. The van der Waals surface area contributed by atoms with Gasteiger partial charge in [0.2, 0.25) is 18.3 Å². The molecule has 0 saturated heterocycles. The molecule has 1 atom stereocenters. The Kier molecular flexibility index (Phi) is 7.09. The van der Waals surface area contributed by atoms with Crippen LogP contribution in [0.5, 0.6) is 23.0 Å². The van der Waals surface area contributed by atoms with Crippen molar-refractivity contribution in [1.29, 1.82) is 0 Å². The number of fused-ring (bicyclic) bond motifs is 1. The number of aliphatic hydroxyl groups is 1. The van der Waals surface area contributed by atoms with Gasteiger partial charge >= 0.3 is 0 Å². The van der Waals surface area contributed by atoms with Crippen LogP contribution in [0.1, 0.15) is 39.4 Å². The van der Waals surface area contributed by atoms with Crippen molar-refractivity contribution in [3.8, 4) is 23.0 Å². The van der Waals surface area contributed by atoms with Gasteiger partial charge in [-0.3, -0.25) is 4.79 Å². The van der Waals surface area contributed by atoms with Crippen LogP contribution >= 0.6 is 0 Å². The molecule has 13 heteroatoms. The molecule has 2 N–H and O–H groups in total. The van der Waals surface area contributed by atoms with Gasteiger partial charge in [-0.15, -0.1) is 0 Å². The minimum atomic E-state index is -0.644. The van der Waals surface area contributed by atoms with Gasteiger partial charge in [0.1, 0.15) is 18.5 Å². The lowest BCUT2D eigenvalue weighted by molar-refractivity contribution is 0.0852. The number of aliphatic hydroxyl groups excluding tert-OH is 1. The molecule has 0 unspecified atom stereocenters. The van der Waals surface area contributed by atoms with E-state index < -0.39 is 12.5 Å². The summed E-state index contributed by atoms with van der Waals surface area (Å²) < 4.78 is 40.8. The second-order valence-electron chi connectivity index (χ2n) is 8.24. The molecule has 2 aliphatic heterocycles. The van der Waals surface area contributed by atoms with Crippen LogP contribution in [0.3, 0.4) is 0 Å². The maximum atomic E-state index is 13.3. The highest BCUT2D eigenvalue weighted by atomic mass is 19.1. The lowest BCUT2D eigenvalue weighted by Crippen LogP contribution is -2.19. The Bertz CT molecular complexity index is 1400. The van der Waals surface area contributed by atoms with Gasteiger partial charge < -0.3 is 33.4 Å². The minimum absolute atomic E-state index is 0.0318. The number of carbonyl (C=O) groups excluding carboxylic acids is 1. The smallest absolute Gasteiger partial charge is 0.293 e. The molecule has 1 aromatic heterocycles. The van der Waals surface area contributed by atoms with Crippen LogP contribution in [0.15, 0.2) is 45.1 Å². The van der Waals surface area contributed by atoms with E-state index in [0.717, 1.165) is 5.56 Å². The van der Waals surface area contributed by atoms with Gasteiger partial charge in [0.05, 0.1) is 26.1 Å². The van der Waals surface area contributed by atoms with Crippen LogP contribution in [0.2, 0.25) is 0 Å². The third-order valence-corrected chi connectivity index (χ3v) is 5.93. The maximum absolute atomic E-state index is 13.3. The third kappa shape index (κ3) is 4.83. The zero-order valence-corrected chi connectivity index (χ0v) is 20.4. The summed E-state index contributed by atoms with van der Waals surface area (Å²) in [5, 5.41) is 20.9. The average molecular weight is 526 g/mol. The lowest BCUT2D eigenvalue weighted by atomic mass is 9.95. The molecule has 0 aliphatic carbocycles. The van der Waals surface area contributed by atoms with Crippen LogP contribution in [-0.2, 0) is 17.9 Å². The summed E-state index contributed by atoms with van der Waals surface area (Å²) in [5.74, 6) is 0.590. The van der Waals surface area contributed by atoms with Crippen molar-refractivity contribution >= 4 is 17.8 Å². The number of aromatic nitrogens is 1.